The number of aromatic amines is 1. The van der Waals surface area contributed by atoms with Gasteiger partial charge in [0, 0.05) is 6.20 Å². The number of pyridine rings is 1. The number of benzene rings is 1. The molecule has 0 bridgehead atoms. The first-order valence-corrected chi connectivity index (χ1v) is 6.95. The van der Waals surface area contributed by atoms with Gasteiger partial charge in [-0.05, 0) is 18.2 Å². The second-order valence-corrected chi connectivity index (χ2v) is 5.72. The highest BCUT2D eigenvalue weighted by molar-refractivity contribution is 7.92. The van der Waals surface area contributed by atoms with Gasteiger partial charge in [-0.1, -0.05) is 23.7 Å². The van der Waals surface area contributed by atoms with Crippen LogP contribution in [0.3, 0.4) is 0 Å². The van der Waals surface area contributed by atoms with E-state index in [1.165, 1.54) is 12.1 Å². The van der Waals surface area contributed by atoms with Crippen LogP contribution in [-0.4, -0.2) is 18.5 Å². The molecular weight excluding hydrogens is 292 g/mol. The van der Waals surface area contributed by atoms with E-state index in [0.29, 0.717) is 0 Å². The summed E-state index contributed by atoms with van der Waals surface area (Å²) in [7, 11) is -3.94. The summed E-state index contributed by atoms with van der Waals surface area (Å²) in [6.07, 6.45) is 1.02. The fourth-order valence-electron chi connectivity index (χ4n) is 1.36. The summed E-state index contributed by atoms with van der Waals surface area (Å²) >= 11 is 5.57. The number of H-pyrrole nitrogens is 1. The summed E-state index contributed by atoms with van der Waals surface area (Å²) in [5.74, 6) is -0.207. The second-order valence-electron chi connectivity index (χ2n) is 3.64. The number of rotatable bonds is 3. The Morgan fingerprint density at radius 3 is 2.58 bits per heavy atom. The van der Waals surface area contributed by atoms with Crippen molar-refractivity contribution in [3.8, 4) is 5.75 Å². The number of hydrogen-bond donors (Lipinski definition) is 3. The van der Waals surface area contributed by atoms with Crippen LogP contribution in [0, 0.1) is 0 Å². The van der Waals surface area contributed by atoms with Crippen molar-refractivity contribution in [2.24, 2.45) is 0 Å². The predicted octanol–water partition coefficient (Wildman–Crippen LogP) is 1.53. The SMILES string of the molecule is O=c1[nH]cc(S(=O)(=O)Nc2ccccc2O)cc1Cl. The number of aromatic hydroxyl groups is 1. The minimum absolute atomic E-state index is 0.0322. The van der Waals surface area contributed by atoms with Crippen molar-refractivity contribution >= 4 is 27.3 Å². The van der Waals surface area contributed by atoms with Crippen molar-refractivity contribution in [3.63, 3.8) is 0 Å². The molecule has 100 valence electrons. The molecule has 0 aliphatic carbocycles. The summed E-state index contributed by atoms with van der Waals surface area (Å²) in [5.41, 5.74) is -0.548. The molecule has 0 saturated heterocycles. The highest BCUT2D eigenvalue weighted by Gasteiger charge is 2.17. The molecule has 0 spiro atoms. The number of halogens is 1. The quantitative estimate of drug-likeness (QED) is 0.749. The third-order valence-electron chi connectivity index (χ3n) is 2.29. The lowest BCUT2D eigenvalue weighted by Crippen LogP contribution is -2.16. The molecule has 0 unspecified atom stereocenters. The lowest BCUT2D eigenvalue weighted by molar-refractivity contribution is 0.477. The fraction of sp³-hybridized carbons (Fsp3) is 0. The Morgan fingerprint density at radius 2 is 1.95 bits per heavy atom. The molecule has 0 amide bonds. The van der Waals surface area contributed by atoms with Gasteiger partial charge >= 0.3 is 0 Å². The van der Waals surface area contributed by atoms with E-state index < -0.39 is 15.6 Å². The molecule has 0 saturated carbocycles. The molecule has 0 atom stereocenters. The van der Waals surface area contributed by atoms with Gasteiger partial charge in [0.1, 0.15) is 15.7 Å². The Balaban J connectivity index is 2.41. The van der Waals surface area contributed by atoms with Crippen LogP contribution in [-0.2, 0) is 10.0 Å². The molecule has 8 heteroatoms. The summed E-state index contributed by atoms with van der Waals surface area (Å²) in [5, 5.41) is 9.27. The van der Waals surface area contributed by atoms with E-state index in [2.05, 4.69) is 9.71 Å². The Kier molecular flexibility index (Phi) is 3.50. The molecule has 0 aliphatic heterocycles. The van der Waals surface area contributed by atoms with Gasteiger partial charge in [-0.15, -0.1) is 0 Å². The van der Waals surface area contributed by atoms with Crippen LogP contribution in [0.1, 0.15) is 0 Å². The largest absolute Gasteiger partial charge is 0.506 e. The third-order valence-corrected chi connectivity index (χ3v) is 3.92. The molecular formula is C11H9ClN2O4S. The Morgan fingerprint density at radius 1 is 1.26 bits per heavy atom. The molecule has 1 aromatic heterocycles. The maximum atomic E-state index is 12.0. The highest BCUT2D eigenvalue weighted by Crippen LogP contribution is 2.24. The second kappa shape index (κ2) is 4.94. The molecule has 2 aromatic rings. The molecule has 0 aliphatic rings. The van der Waals surface area contributed by atoms with Crippen molar-refractivity contribution in [2.45, 2.75) is 4.90 Å². The van der Waals surface area contributed by atoms with E-state index in [9.17, 15) is 18.3 Å². The van der Waals surface area contributed by atoms with Crippen LogP contribution in [0.5, 0.6) is 5.75 Å². The van der Waals surface area contributed by atoms with Gasteiger partial charge in [-0.25, -0.2) is 8.42 Å². The van der Waals surface area contributed by atoms with Gasteiger partial charge < -0.3 is 10.1 Å². The van der Waals surface area contributed by atoms with Crippen LogP contribution in [0.15, 0.2) is 46.2 Å². The maximum Gasteiger partial charge on any atom is 0.266 e. The molecule has 0 fully saturated rings. The zero-order valence-electron chi connectivity index (χ0n) is 9.42. The normalized spacial score (nSPS) is 11.2. The van der Waals surface area contributed by atoms with Crippen LogP contribution in [0.4, 0.5) is 5.69 Å². The molecule has 1 aromatic carbocycles. The standard InChI is InChI=1S/C11H9ClN2O4S/c12-8-5-7(6-13-11(8)16)19(17,18)14-9-3-1-2-4-10(9)15/h1-6,14-15H,(H,13,16). The van der Waals surface area contributed by atoms with Crippen molar-refractivity contribution < 1.29 is 13.5 Å². The minimum atomic E-state index is -3.94. The maximum absolute atomic E-state index is 12.0. The van der Waals surface area contributed by atoms with Gasteiger partial charge in [-0.2, -0.15) is 0 Å². The summed E-state index contributed by atoms with van der Waals surface area (Å²) in [4.78, 5) is 13.1. The Bertz CT molecular complexity index is 770. The number of phenolic OH excluding ortho intramolecular Hbond substituents is 1. The third kappa shape index (κ3) is 2.88. The molecule has 1 heterocycles. The predicted molar refractivity (Wildman–Crippen MR) is 71.0 cm³/mol. The first kappa shape index (κ1) is 13.4. The number of para-hydroxylation sites is 2. The van der Waals surface area contributed by atoms with Crippen molar-refractivity contribution in [1.29, 1.82) is 0 Å². The number of hydrogen-bond acceptors (Lipinski definition) is 4. The summed E-state index contributed by atoms with van der Waals surface area (Å²) in [6, 6.07) is 6.90. The highest BCUT2D eigenvalue weighted by atomic mass is 35.5. The first-order valence-electron chi connectivity index (χ1n) is 5.09. The summed E-state index contributed by atoms with van der Waals surface area (Å²) in [6.45, 7) is 0. The van der Waals surface area contributed by atoms with E-state index in [4.69, 9.17) is 11.6 Å². The monoisotopic (exact) mass is 300 g/mol. The van der Waals surface area contributed by atoms with Gasteiger partial charge in [0.25, 0.3) is 15.6 Å². The van der Waals surface area contributed by atoms with Crippen molar-refractivity contribution in [3.05, 3.63) is 51.9 Å². The van der Waals surface area contributed by atoms with Crippen LogP contribution in [0.25, 0.3) is 0 Å². The van der Waals surface area contributed by atoms with Crippen LogP contribution in [0.2, 0.25) is 5.02 Å². The minimum Gasteiger partial charge on any atom is -0.506 e. The van der Waals surface area contributed by atoms with E-state index in [-0.39, 0.29) is 21.4 Å². The van der Waals surface area contributed by atoms with Crippen molar-refractivity contribution in [2.75, 3.05) is 4.72 Å². The first-order chi connectivity index (χ1) is 8.90. The molecule has 0 radical (unpaired) electrons. The molecule has 2 rings (SSSR count). The van der Waals surface area contributed by atoms with E-state index in [0.717, 1.165) is 12.3 Å². The topological polar surface area (TPSA) is 99.3 Å². The number of anilines is 1. The lowest BCUT2D eigenvalue weighted by Gasteiger charge is -2.09. The zero-order chi connectivity index (χ0) is 14.0. The Hall–Kier alpha value is -1.99. The Labute approximate surface area is 113 Å². The van der Waals surface area contributed by atoms with Gasteiger partial charge in [0.05, 0.1) is 5.69 Å². The lowest BCUT2D eigenvalue weighted by atomic mass is 10.3. The van der Waals surface area contributed by atoms with Gasteiger partial charge in [0.2, 0.25) is 0 Å². The molecule has 19 heavy (non-hydrogen) atoms. The van der Waals surface area contributed by atoms with Crippen LogP contribution < -0.4 is 10.3 Å². The number of nitrogens with one attached hydrogen (secondary N) is 2. The number of phenols is 1. The average molecular weight is 301 g/mol. The van der Waals surface area contributed by atoms with E-state index >= 15 is 0 Å². The van der Waals surface area contributed by atoms with Crippen LogP contribution >= 0.6 is 11.6 Å². The molecule has 6 nitrogen and oxygen atoms in total. The average Bonchev–Trinajstić information content (AvgIpc) is 2.35. The smallest absolute Gasteiger partial charge is 0.266 e. The number of aromatic nitrogens is 1. The van der Waals surface area contributed by atoms with E-state index in [1.807, 2.05) is 0 Å². The molecule has 3 N–H and O–H groups in total. The van der Waals surface area contributed by atoms with E-state index in [1.54, 1.807) is 12.1 Å². The fourth-order valence-corrected chi connectivity index (χ4v) is 2.66. The summed E-state index contributed by atoms with van der Waals surface area (Å²) < 4.78 is 26.2. The van der Waals surface area contributed by atoms with Gasteiger partial charge in [-0.3, -0.25) is 9.52 Å². The number of sulfonamides is 1. The van der Waals surface area contributed by atoms with Gasteiger partial charge in [0.15, 0.2) is 0 Å². The zero-order valence-corrected chi connectivity index (χ0v) is 11.0. The van der Waals surface area contributed by atoms with Crippen molar-refractivity contribution in [1.82, 2.24) is 4.98 Å².